The third-order valence-electron chi connectivity index (χ3n) is 5.48. The van der Waals surface area contributed by atoms with Crippen LogP contribution in [0.3, 0.4) is 0 Å². The van der Waals surface area contributed by atoms with E-state index in [4.69, 9.17) is 0 Å². The highest BCUT2D eigenvalue weighted by Gasteiger charge is 2.13. The average Bonchev–Trinajstić information content (AvgIpc) is 2.78. The van der Waals surface area contributed by atoms with Crippen LogP contribution in [0.25, 0.3) is 11.3 Å². The van der Waals surface area contributed by atoms with Crippen molar-refractivity contribution < 1.29 is 9.59 Å². The van der Waals surface area contributed by atoms with Gasteiger partial charge >= 0.3 is 0 Å². The van der Waals surface area contributed by atoms with Gasteiger partial charge in [0.05, 0.1) is 5.69 Å². The number of hydrogen-bond donors (Lipinski definition) is 2. The molecule has 0 aliphatic rings. The zero-order valence-electron chi connectivity index (χ0n) is 19.7. The van der Waals surface area contributed by atoms with Gasteiger partial charge in [0.25, 0.3) is 5.56 Å². The smallest absolute Gasteiger partial charge is 0.267 e. The Bertz CT molecular complexity index is 1240. The topological polar surface area (TPSA) is 93.1 Å². The van der Waals surface area contributed by atoms with Crippen LogP contribution in [0.15, 0.2) is 53.3 Å². The predicted molar refractivity (Wildman–Crippen MR) is 131 cm³/mol. The normalized spacial score (nSPS) is 10.8. The quantitative estimate of drug-likeness (QED) is 0.565. The Hall–Kier alpha value is -3.74. The molecule has 3 aromatic rings. The SMILES string of the molecule is CCc1cccc(C)c1NC(=O)Cn1nc(-c2ccc(C)c(NC(=O)C(C)C)c2)ccc1=O. The molecule has 0 bridgehead atoms. The van der Waals surface area contributed by atoms with Crippen molar-refractivity contribution in [1.82, 2.24) is 9.78 Å². The number of anilines is 2. The Balaban J connectivity index is 1.85. The highest BCUT2D eigenvalue weighted by molar-refractivity contribution is 5.93. The van der Waals surface area contributed by atoms with Gasteiger partial charge < -0.3 is 10.6 Å². The molecule has 2 aromatic carbocycles. The molecule has 0 unspecified atom stereocenters. The number of nitrogens with zero attached hydrogens (tertiary/aromatic N) is 2. The lowest BCUT2D eigenvalue weighted by atomic mass is 10.1. The van der Waals surface area contributed by atoms with Gasteiger partial charge in [-0.2, -0.15) is 5.10 Å². The van der Waals surface area contributed by atoms with Crippen molar-refractivity contribution in [2.24, 2.45) is 5.92 Å². The van der Waals surface area contributed by atoms with Crippen molar-refractivity contribution in [2.45, 2.75) is 47.6 Å². The van der Waals surface area contributed by atoms with Crippen LogP contribution in [-0.2, 0) is 22.6 Å². The van der Waals surface area contributed by atoms with Gasteiger partial charge in [-0.15, -0.1) is 0 Å². The molecule has 3 rings (SSSR count). The van der Waals surface area contributed by atoms with E-state index in [9.17, 15) is 14.4 Å². The van der Waals surface area contributed by atoms with E-state index in [1.807, 2.05) is 71.0 Å². The summed E-state index contributed by atoms with van der Waals surface area (Å²) in [5.74, 6) is -0.542. The summed E-state index contributed by atoms with van der Waals surface area (Å²) < 4.78 is 1.15. The third kappa shape index (κ3) is 5.74. The summed E-state index contributed by atoms with van der Waals surface area (Å²) in [5, 5.41) is 10.3. The first-order valence-electron chi connectivity index (χ1n) is 11.1. The minimum Gasteiger partial charge on any atom is -0.326 e. The van der Waals surface area contributed by atoms with Gasteiger partial charge in [0, 0.05) is 28.9 Å². The average molecular weight is 447 g/mol. The maximum Gasteiger partial charge on any atom is 0.267 e. The van der Waals surface area contributed by atoms with E-state index in [2.05, 4.69) is 15.7 Å². The standard InChI is InChI=1S/C26H30N4O3/c1-6-19-9-7-8-18(5)25(19)28-23(31)15-30-24(32)13-12-21(29-30)20-11-10-17(4)22(14-20)27-26(33)16(2)3/h7-14,16H,6,15H2,1-5H3,(H,27,33)(H,28,31). The number of para-hydroxylation sites is 1. The van der Waals surface area contributed by atoms with E-state index in [-0.39, 0.29) is 29.8 Å². The van der Waals surface area contributed by atoms with Gasteiger partial charge in [-0.3, -0.25) is 14.4 Å². The molecule has 0 saturated heterocycles. The number of aryl methyl sites for hydroxylation is 3. The summed E-state index contributed by atoms with van der Waals surface area (Å²) >= 11 is 0. The van der Waals surface area contributed by atoms with Gasteiger partial charge in [-0.25, -0.2) is 4.68 Å². The van der Waals surface area contributed by atoms with Gasteiger partial charge in [0.2, 0.25) is 11.8 Å². The molecule has 0 aliphatic heterocycles. The molecular weight excluding hydrogens is 416 g/mol. The summed E-state index contributed by atoms with van der Waals surface area (Å²) in [7, 11) is 0. The first kappa shape index (κ1) is 23.9. The van der Waals surface area contributed by atoms with Crippen molar-refractivity contribution >= 4 is 23.2 Å². The van der Waals surface area contributed by atoms with Crippen LogP contribution in [0, 0.1) is 19.8 Å². The zero-order valence-corrected chi connectivity index (χ0v) is 19.7. The number of hydrogen-bond acceptors (Lipinski definition) is 4. The second-order valence-electron chi connectivity index (χ2n) is 8.40. The summed E-state index contributed by atoms with van der Waals surface area (Å²) in [6.45, 7) is 9.34. The lowest BCUT2D eigenvalue weighted by molar-refractivity contribution is -0.119. The second kappa shape index (κ2) is 10.3. The monoisotopic (exact) mass is 446 g/mol. The molecule has 172 valence electrons. The lowest BCUT2D eigenvalue weighted by Gasteiger charge is -2.14. The van der Waals surface area contributed by atoms with E-state index in [1.54, 1.807) is 6.07 Å². The van der Waals surface area contributed by atoms with Crippen LogP contribution in [0.4, 0.5) is 11.4 Å². The Morgan fingerprint density at radius 3 is 2.45 bits per heavy atom. The van der Waals surface area contributed by atoms with Gasteiger partial charge in [0.1, 0.15) is 6.54 Å². The van der Waals surface area contributed by atoms with Gasteiger partial charge in [-0.1, -0.05) is 51.1 Å². The fourth-order valence-corrected chi connectivity index (χ4v) is 3.43. The highest BCUT2D eigenvalue weighted by Crippen LogP contribution is 2.24. The van der Waals surface area contributed by atoms with Crippen molar-refractivity contribution in [3.63, 3.8) is 0 Å². The predicted octanol–water partition coefficient (Wildman–Crippen LogP) is 4.32. The van der Waals surface area contributed by atoms with Crippen LogP contribution in [0.1, 0.15) is 37.5 Å². The van der Waals surface area contributed by atoms with Crippen LogP contribution >= 0.6 is 0 Å². The van der Waals surface area contributed by atoms with Crippen LogP contribution < -0.4 is 16.2 Å². The van der Waals surface area contributed by atoms with Crippen molar-refractivity contribution in [3.8, 4) is 11.3 Å². The molecule has 1 aromatic heterocycles. The first-order chi connectivity index (χ1) is 15.7. The number of carbonyl (C=O) groups excluding carboxylic acids is 2. The molecule has 0 saturated carbocycles. The van der Waals surface area contributed by atoms with E-state index in [0.29, 0.717) is 11.4 Å². The minimum atomic E-state index is -0.366. The fourth-order valence-electron chi connectivity index (χ4n) is 3.43. The number of nitrogens with one attached hydrogen (secondary N) is 2. The zero-order chi connectivity index (χ0) is 24.1. The Labute approximate surface area is 193 Å². The number of carbonyl (C=O) groups is 2. The summed E-state index contributed by atoms with van der Waals surface area (Å²) in [6.07, 6.45) is 0.786. The molecule has 7 heteroatoms. The maximum atomic E-state index is 12.7. The molecular formula is C26H30N4O3. The second-order valence-corrected chi connectivity index (χ2v) is 8.40. The molecule has 0 radical (unpaired) electrons. The number of rotatable bonds is 7. The molecule has 2 amide bonds. The number of aromatic nitrogens is 2. The van der Waals surface area contributed by atoms with E-state index < -0.39 is 0 Å². The Morgan fingerprint density at radius 2 is 1.76 bits per heavy atom. The molecule has 0 fully saturated rings. The van der Waals surface area contributed by atoms with Gasteiger partial charge in [-0.05, 0) is 49.1 Å². The number of amides is 2. The molecule has 33 heavy (non-hydrogen) atoms. The molecule has 1 heterocycles. The Kier molecular flexibility index (Phi) is 7.43. The minimum absolute atomic E-state index is 0.0764. The fraction of sp³-hybridized carbons (Fsp3) is 0.308. The highest BCUT2D eigenvalue weighted by atomic mass is 16.2. The molecule has 0 atom stereocenters. The maximum absolute atomic E-state index is 12.7. The summed E-state index contributed by atoms with van der Waals surface area (Å²) in [5.41, 5.74) is 5.29. The van der Waals surface area contributed by atoms with Crippen molar-refractivity contribution in [2.75, 3.05) is 10.6 Å². The molecule has 7 nitrogen and oxygen atoms in total. The largest absolute Gasteiger partial charge is 0.326 e. The van der Waals surface area contributed by atoms with Crippen LogP contribution in [0.5, 0.6) is 0 Å². The van der Waals surface area contributed by atoms with Crippen LogP contribution in [0.2, 0.25) is 0 Å². The third-order valence-corrected chi connectivity index (χ3v) is 5.48. The number of benzene rings is 2. The van der Waals surface area contributed by atoms with E-state index >= 15 is 0 Å². The Morgan fingerprint density at radius 1 is 1.00 bits per heavy atom. The summed E-state index contributed by atoms with van der Waals surface area (Å²) in [6, 6.07) is 14.5. The molecule has 0 spiro atoms. The molecule has 2 N–H and O–H groups in total. The van der Waals surface area contributed by atoms with E-state index in [1.165, 1.54) is 6.07 Å². The lowest BCUT2D eigenvalue weighted by Crippen LogP contribution is -2.29. The van der Waals surface area contributed by atoms with Crippen LogP contribution in [-0.4, -0.2) is 21.6 Å². The summed E-state index contributed by atoms with van der Waals surface area (Å²) in [4.78, 5) is 37.2. The van der Waals surface area contributed by atoms with Crippen molar-refractivity contribution in [1.29, 1.82) is 0 Å². The van der Waals surface area contributed by atoms with Gasteiger partial charge in [0.15, 0.2) is 0 Å². The molecule has 0 aliphatic carbocycles. The van der Waals surface area contributed by atoms with Crippen molar-refractivity contribution in [3.05, 3.63) is 75.6 Å². The van der Waals surface area contributed by atoms with E-state index in [0.717, 1.165) is 39.0 Å². The first-order valence-corrected chi connectivity index (χ1v) is 11.1.